The fourth-order valence-corrected chi connectivity index (χ4v) is 2.02. The molecule has 1 aromatic heterocycles. The minimum atomic E-state index is -0.346. The molecule has 0 saturated carbocycles. The van der Waals surface area contributed by atoms with E-state index in [9.17, 15) is 4.79 Å². The van der Waals surface area contributed by atoms with Gasteiger partial charge < -0.3 is 19.0 Å². The summed E-state index contributed by atoms with van der Waals surface area (Å²) in [6.45, 7) is 3.68. The molecule has 1 heterocycles. The van der Waals surface area contributed by atoms with Gasteiger partial charge in [0.15, 0.2) is 0 Å². The second-order valence-electron chi connectivity index (χ2n) is 4.95. The molecule has 0 bridgehead atoms. The molecule has 0 unspecified atom stereocenters. The summed E-state index contributed by atoms with van der Waals surface area (Å²) in [5.74, 6) is 0.874. The van der Waals surface area contributed by atoms with Gasteiger partial charge in [-0.3, -0.25) is 4.79 Å². The first-order valence-corrected chi connectivity index (χ1v) is 7.18. The maximum atomic E-state index is 11.7. The summed E-state index contributed by atoms with van der Waals surface area (Å²) >= 11 is 6.14. The molecule has 2 rings (SSSR count). The molecule has 0 spiro atoms. The van der Waals surface area contributed by atoms with Gasteiger partial charge in [0, 0.05) is 6.07 Å². The number of benzene rings is 1. The molecule has 0 atom stereocenters. The smallest absolute Gasteiger partial charge is 0.227 e. The molecular weight excluding hydrogens is 308 g/mol. The fourth-order valence-electron chi connectivity index (χ4n) is 1.77. The quantitative estimate of drug-likeness (QED) is 0.884. The summed E-state index contributed by atoms with van der Waals surface area (Å²) < 4.78 is 16.0. The summed E-state index contributed by atoms with van der Waals surface area (Å²) in [5.41, 5.74) is 0.452. The van der Waals surface area contributed by atoms with Crippen LogP contribution < -0.4 is 14.9 Å². The van der Waals surface area contributed by atoms with Gasteiger partial charge >= 0.3 is 0 Å². The second kappa shape index (κ2) is 7.33. The highest BCUT2D eigenvalue weighted by Crippen LogP contribution is 2.26. The van der Waals surface area contributed by atoms with Crippen molar-refractivity contribution in [2.24, 2.45) is 0 Å². The topological polar surface area (TPSA) is 68.9 Å². The Kier molecular flexibility index (Phi) is 5.46. The number of halogens is 1. The van der Waals surface area contributed by atoms with Gasteiger partial charge in [0.1, 0.15) is 31.0 Å². The predicted octanol–water partition coefficient (Wildman–Crippen LogP) is 3.15. The van der Waals surface area contributed by atoms with Crippen LogP contribution in [-0.2, 0) is 13.2 Å². The Labute approximate surface area is 133 Å². The summed E-state index contributed by atoms with van der Waals surface area (Å²) in [4.78, 5) is 11.7. The van der Waals surface area contributed by atoms with Gasteiger partial charge in [-0.15, -0.1) is 0 Å². The Hall–Kier alpha value is -1.98. The maximum Gasteiger partial charge on any atom is 0.227 e. The van der Waals surface area contributed by atoms with Gasteiger partial charge in [-0.2, -0.15) is 0 Å². The van der Waals surface area contributed by atoms with Crippen LogP contribution in [0.15, 0.2) is 39.7 Å². The van der Waals surface area contributed by atoms with E-state index in [0.717, 1.165) is 5.56 Å². The van der Waals surface area contributed by atoms with Gasteiger partial charge in [0.05, 0.1) is 11.1 Å². The van der Waals surface area contributed by atoms with E-state index < -0.39 is 0 Å². The standard InChI is InChI=1S/C16H17ClO5/c1-10(2)22-15-4-3-11(5-13(15)17)8-21-16-9-20-12(7-18)6-14(16)19/h3-6,9-10,18H,7-8H2,1-2H3. The van der Waals surface area contributed by atoms with Gasteiger partial charge in [0.25, 0.3) is 0 Å². The summed E-state index contributed by atoms with van der Waals surface area (Å²) in [7, 11) is 0. The second-order valence-corrected chi connectivity index (χ2v) is 5.36. The molecular formula is C16H17ClO5. The average Bonchev–Trinajstić information content (AvgIpc) is 2.48. The van der Waals surface area contributed by atoms with Crippen molar-refractivity contribution in [3.8, 4) is 11.5 Å². The Morgan fingerprint density at radius 2 is 2.05 bits per heavy atom. The average molecular weight is 325 g/mol. The lowest BCUT2D eigenvalue weighted by Gasteiger charge is -2.12. The highest BCUT2D eigenvalue weighted by molar-refractivity contribution is 6.32. The van der Waals surface area contributed by atoms with Crippen molar-refractivity contribution in [1.29, 1.82) is 0 Å². The molecule has 0 aliphatic rings. The van der Waals surface area contributed by atoms with Crippen LogP contribution in [0.25, 0.3) is 0 Å². The largest absolute Gasteiger partial charge is 0.489 e. The number of aliphatic hydroxyl groups excluding tert-OH is 1. The zero-order valence-electron chi connectivity index (χ0n) is 12.3. The number of rotatable bonds is 6. The normalized spacial score (nSPS) is 10.8. The van der Waals surface area contributed by atoms with E-state index in [4.69, 9.17) is 30.6 Å². The van der Waals surface area contributed by atoms with Gasteiger partial charge in [-0.25, -0.2) is 0 Å². The van der Waals surface area contributed by atoms with Crippen LogP contribution in [0.4, 0.5) is 0 Å². The van der Waals surface area contributed by atoms with E-state index >= 15 is 0 Å². The molecule has 0 radical (unpaired) electrons. The van der Waals surface area contributed by atoms with Crippen LogP contribution in [0.3, 0.4) is 0 Å². The number of hydrogen-bond donors (Lipinski definition) is 1. The molecule has 0 aliphatic carbocycles. The third kappa shape index (κ3) is 4.26. The van der Waals surface area contributed by atoms with E-state index in [1.165, 1.54) is 12.3 Å². The molecule has 0 fully saturated rings. The van der Waals surface area contributed by atoms with Crippen molar-refractivity contribution in [3.63, 3.8) is 0 Å². The summed E-state index contributed by atoms with van der Waals surface area (Å²) in [6.07, 6.45) is 1.22. The molecule has 22 heavy (non-hydrogen) atoms. The van der Waals surface area contributed by atoms with Gasteiger partial charge in [-0.05, 0) is 31.5 Å². The zero-order valence-corrected chi connectivity index (χ0v) is 13.1. The van der Waals surface area contributed by atoms with E-state index in [-0.39, 0.29) is 36.3 Å². The lowest BCUT2D eigenvalue weighted by atomic mass is 10.2. The monoisotopic (exact) mass is 324 g/mol. The fraction of sp³-hybridized carbons (Fsp3) is 0.312. The molecule has 0 saturated heterocycles. The first-order valence-electron chi connectivity index (χ1n) is 6.80. The van der Waals surface area contributed by atoms with E-state index in [1.807, 2.05) is 19.9 Å². The Balaban J connectivity index is 2.06. The first kappa shape index (κ1) is 16.4. The molecule has 1 N–H and O–H groups in total. The number of ether oxygens (including phenoxy) is 2. The predicted molar refractivity (Wildman–Crippen MR) is 82.4 cm³/mol. The van der Waals surface area contributed by atoms with Gasteiger partial charge in [-0.1, -0.05) is 17.7 Å². The van der Waals surface area contributed by atoms with Crippen molar-refractivity contribution in [2.75, 3.05) is 0 Å². The van der Waals surface area contributed by atoms with Crippen molar-refractivity contribution in [2.45, 2.75) is 33.2 Å². The molecule has 2 aromatic rings. The van der Waals surface area contributed by atoms with Crippen molar-refractivity contribution >= 4 is 11.6 Å². The van der Waals surface area contributed by atoms with E-state index in [2.05, 4.69) is 0 Å². The van der Waals surface area contributed by atoms with E-state index in [1.54, 1.807) is 12.1 Å². The lowest BCUT2D eigenvalue weighted by molar-refractivity contribution is 0.235. The molecule has 5 nitrogen and oxygen atoms in total. The van der Waals surface area contributed by atoms with Gasteiger partial charge in [0.2, 0.25) is 11.2 Å². The highest BCUT2D eigenvalue weighted by Gasteiger charge is 2.08. The highest BCUT2D eigenvalue weighted by atomic mass is 35.5. The Bertz CT molecular complexity index is 693. The van der Waals surface area contributed by atoms with Crippen LogP contribution in [0.1, 0.15) is 25.2 Å². The molecule has 118 valence electrons. The Morgan fingerprint density at radius 3 is 2.64 bits per heavy atom. The first-order chi connectivity index (χ1) is 10.5. The molecule has 0 amide bonds. The minimum absolute atomic E-state index is 0.0364. The summed E-state index contributed by atoms with van der Waals surface area (Å²) in [6, 6.07) is 6.50. The lowest BCUT2D eigenvalue weighted by Crippen LogP contribution is -2.08. The van der Waals surface area contributed by atoms with Crippen LogP contribution in [0.2, 0.25) is 5.02 Å². The molecule has 0 aliphatic heterocycles. The van der Waals surface area contributed by atoms with Crippen molar-refractivity contribution in [3.05, 3.63) is 57.1 Å². The number of aliphatic hydroxyl groups is 1. The SMILES string of the molecule is CC(C)Oc1ccc(COc2coc(CO)cc2=O)cc1Cl. The van der Waals surface area contributed by atoms with Crippen LogP contribution >= 0.6 is 11.6 Å². The molecule has 1 aromatic carbocycles. The van der Waals surface area contributed by atoms with Crippen LogP contribution in [0, 0.1) is 0 Å². The minimum Gasteiger partial charge on any atom is -0.489 e. The van der Waals surface area contributed by atoms with E-state index in [0.29, 0.717) is 10.8 Å². The third-order valence-corrected chi connectivity index (χ3v) is 3.06. The van der Waals surface area contributed by atoms with Crippen molar-refractivity contribution in [1.82, 2.24) is 0 Å². The van der Waals surface area contributed by atoms with Crippen LogP contribution in [0.5, 0.6) is 11.5 Å². The Morgan fingerprint density at radius 1 is 1.27 bits per heavy atom. The molecule has 6 heteroatoms. The summed E-state index contributed by atoms with van der Waals surface area (Å²) in [5, 5.41) is 9.36. The maximum absolute atomic E-state index is 11.7. The third-order valence-electron chi connectivity index (χ3n) is 2.76. The van der Waals surface area contributed by atoms with Crippen LogP contribution in [-0.4, -0.2) is 11.2 Å². The van der Waals surface area contributed by atoms with Crippen molar-refractivity contribution < 1.29 is 19.0 Å². The number of hydrogen-bond acceptors (Lipinski definition) is 5. The zero-order chi connectivity index (χ0) is 16.1.